The van der Waals surface area contributed by atoms with Gasteiger partial charge in [0.2, 0.25) is 0 Å². The predicted octanol–water partition coefficient (Wildman–Crippen LogP) is 3.77. The van der Waals surface area contributed by atoms with Crippen LogP contribution in [0.25, 0.3) is 0 Å². The molecule has 1 saturated carbocycles. The van der Waals surface area contributed by atoms with Gasteiger partial charge in [-0.15, -0.1) is 0 Å². The number of nitriles is 1. The molecule has 3 aromatic rings. The highest BCUT2D eigenvalue weighted by molar-refractivity contribution is 5.43. The van der Waals surface area contributed by atoms with E-state index in [1.54, 1.807) is 18.4 Å². The first kappa shape index (κ1) is 14.5. The van der Waals surface area contributed by atoms with E-state index in [-0.39, 0.29) is 0 Å². The average molecular weight is 320 g/mol. The highest BCUT2D eigenvalue weighted by Crippen LogP contribution is 2.45. The molecule has 0 spiro atoms. The van der Waals surface area contributed by atoms with Crippen molar-refractivity contribution in [1.29, 1.82) is 5.26 Å². The summed E-state index contributed by atoms with van der Waals surface area (Å²) >= 11 is 0. The van der Waals surface area contributed by atoms with E-state index in [0.717, 1.165) is 35.7 Å². The zero-order valence-corrected chi connectivity index (χ0v) is 13.3. The molecule has 1 fully saturated rings. The molecule has 120 valence electrons. The van der Waals surface area contributed by atoms with E-state index in [2.05, 4.69) is 11.2 Å². The Morgan fingerprint density at radius 3 is 2.71 bits per heavy atom. The summed E-state index contributed by atoms with van der Waals surface area (Å²) in [5.41, 5.74) is 3.40. The lowest BCUT2D eigenvalue weighted by molar-refractivity contribution is 0.407. The molecule has 1 aliphatic rings. The van der Waals surface area contributed by atoms with Crippen LogP contribution in [0.3, 0.4) is 0 Å². The zero-order valence-electron chi connectivity index (χ0n) is 13.3. The van der Waals surface area contributed by atoms with Gasteiger partial charge in [0.05, 0.1) is 23.9 Å². The number of aromatic nitrogens is 3. The number of ether oxygens (including phenoxy) is 1. The van der Waals surface area contributed by atoms with Crippen molar-refractivity contribution in [3.05, 3.63) is 59.2 Å². The van der Waals surface area contributed by atoms with Crippen LogP contribution in [0.4, 0.5) is 0 Å². The zero-order chi connectivity index (χ0) is 16.5. The van der Waals surface area contributed by atoms with Crippen molar-refractivity contribution in [3.63, 3.8) is 0 Å². The predicted molar refractivity (Wildman–Crippen MR) is 85.8 cm³/mol. The quantitative estimate of drug-likeness (QED) is 0.715. The molecule has 1 aliphatic carbocycles. The second kappa shape index (κ2) is 5.85. The lowest BCUT2D eigenvalue weighted by atomic mass is 10.2. The molecule has 0 bridgehead atoms. The van der Waals surface area contributed by atoms with Gasteiger partial charge in [-0.1, -0.05) is 5.16 Å². The summed E-state index contributed by atoms with van der Waals surface area (Å²) in [7, 11) is 0. The van der Waals surface area contributed by atoms with E-state index in [4.69, 9.17) is 19.6 Å². The minimum absolute atomic E-state index is 0.468. The molecule has 0 saturated heterocycles. The maximum atomic E-state index is 8.90. The van der Waals surface area contributed by atoms with E-state index < -0.39 is 0 Å². The van der Waals surface area contributed by atoms with Gasteiger partial charge in [0.1, 0.15) is 23.4 Å². The van der Waals surface area contributed by atoms with Gasteiger partial charge in [-0.2, -0.15) is 10.4 Å². The normalized spacial score (nSPS) is 13.7. The summed E-state index contributed by atoms with van der Waals surface area (Å²) in [6.07, 6.45) is 3.85. The van der Waals surface area contributed by atoms with Crippen LogP contribution in [-0.2, 0) is 6.54 Å². The highest BCUT2D eigenvalue weighted by Gasteiger charge is 2.32. The van der Waals surface area contributed by atoms with Crippen LogP contribution in [0.2, 0.25) is 0 Å². The van der Waals surface area contributed by atoms with Gasteiger partial charge in [-0.25, -0.2) is 0 Å². The van der Waals surface area contributed by atoms with Gasteiger partial charge in [-0.3, -0.25) is 4.68 Å². The fourth-order valence-electron chi connectivity index (χ4n) is 2.64. The third-order valence-electron chi connectivity index (χ3n) is 4.15. The third-order valence-corrected chi connectivity index (χ3v) is 4.15. The molecule has 2 aromatic heterocycles. The average Bonchev–Trinajstić information content (AvgIpc) is 3.24. The smallest absolute Gasteiger partial charge is 0.171 e. The second-order valence-corrected chi connectivity index (χ2v) is 5.96. The molecule has 6 nitrogen and oxygen atoms in total. The van der Waals surface area contributed by atoms with Crippen molar-refractivity contribution in [2.75, 3.05) is 0 Å². The third kappa shape index (κ3) is 2.76. The summed E-state index contributed by atoms with van der Waals surface area (Å²) in [5.74, 6) is 1.99. The van der Waals surface area contributed by atoms with Crippen molar-refractivity contribution in [3.8, 4) is 17.6 Å². The molecule has 24 heavy (non-hydrogen) atoms. The minimum atomic E-state index is 0.468. The van der Waals surface area contributed by atoms with E-state index >= 15 is 0 Å². The maximum absolute atomic E-state index is 8.90. The van der Waals surface area contributed by atoms with Gasteiger partial charge in [-0.05, 0) is 44.0 Å². The van der Waals surface area contributed by atoms with Crippen LogP contribution >= 0.6 is 0 Å². The Balaban J connectivity index is 1.65. The molecule has 0 N–H and O–H groups in total. The Hall–Kier alpha value is -3.07. The monoisotopic (exact) mass is 320 g/mol. The van der Waals surface area contributed by atoms with Crippen molar-refractivity contribution < 1.29 is 9.26 Å². The molecule has 0 amide bonds. The molecular weight excluding hydrogens is 304 g/mol. The van der Waals surface area contributed by atoms with Gasteiger partial charge in [0.15, 0.2) is 5.75 Å². The Bertz CT molecular complexity index is 884. The lowest BCUT2D eigenvalue weighted by Gasteiger charge is -2.07. The van der Waals surface area contributed by atoms with Crippen molar-refractivity contribution in [2.45, 2.75) is 32.2 Å². The first-order valence-electron chi connectivity index (χ1n) is 7.89. The number of rotatable bonds is 5. The molecule has 2 heterocycles. The van der Waals surface area contributed by atoms with E-state index in [1.165, 1.54) is 0 Å². The fourth-order valence-corrected chi connectivity index (χ4v) is 2.64. The molecule has 1 aromatic carbocycles. The number of hydrogen-bond donors (Lipinski definition) is 0. The Kier molecular flexibility index (Phi) is 3.54. The summed E-state index contributed by atoms with van der Waals surface area (Å²) in [6.45, 7) is 2.55. The summed E-state index contributed by atoms with van der Waals surface area (Å²) in [4.78, 5) is 0. The highest BCUT2D eigenvalue weighted by atomic mass is 16.5. The van der Waals surface area contributed by atoms with Gasteiger partial charge < -0.3 is 9.26 Å². The van der Waals surface area contributed by atoms with Crippen molar-refractivity contribution in [1.82, 2.24) is 14.9 Å². The largest absolute Gasteiger partial charge is 0.453 e. The second-order valence-electron chi connectivity index (χ2n) is 5.96. The van der Waals surface area contributed by atoms with Crippen LogP contribution in [0.5, 0.6) is 11.5 Å². The van der Waals surface area contributed by atoms with Crippen LogP contribution in [0.15, 0.2) is 41.1 Å². The first-order valence-corrected chi connectivity index (χ1v) is 7.89. The Labute approximate surface area is 139 Å². The fraction of sp³-hybridized carbons (Fsp3) is 0.278. The molecule has 0 atom stereocenters. The van der Waals surface area contributed by atoms with Crippen molar-refractivity contribution in [2.24, 2.45) is 0 Å². The number of hydrogen-bond acceptors (Lipinski definition) is 5. The first-order chi connectivity index (χ1) is 11.7. The van der Waals surface area contributed by atoms with Crippen LogP contribution in [0.1, 0.15) is 41.4 Å². The molecule has 0 unspecified atom stereocenters. The minimum Gasteiger partial charge on any atom is -0.453 e. The lowest BCUT2D eigenvalue weighted by Crippen LogP contribution is -2.04. The molecule has 6 heteroatoms. The SMILES string of the molecule is Cc1c(Oc2ccc(C#N)cc2)c(C2CC2)nn1Cc1ccon1. The molecule has 0 aliphatic heterocycles. The summed E-state index contributed by atoms with van der Waals surface area (Å²) < 4.78 is 12.9. The van der Waals surface area contributed by atoms with Crippen LogP contribution in [0, 0.1) is 18.3 Å². The molecular formula is C18H16N4O2. The Morgan fingerprint density at radius 2 is 2.08 bits per heavy atom. The molecule has 4 rings (SSSR count). The van der Waals surface area contributed by atoms with Gasteiger partial charge >= 0.3 is 0 Å². The van der Waals surface area contributed by atoms with Crippen LogP contribution < -0.4 is 4.74 Å². The van der Waals surface area contributed by atoms with E-state index in [1.807, 2.05) is 29.8 Å². The van der Waals surface area contributed by atoms with E-state index in [9.17, 15) is 0 Å². The summed E-state index contributed by atoms with van der Waals surface area (Å²) in [5, 5.41) is 17.6. The standard InChI is InChI=1S/C18H16N4O2/c1-12-18(24-16-6-2-13(10-19)3-7-16)17(14-4-5-14)20-22(12)11-15-8-9-23-21-15/h2-3,6-9,14H,4-5,11H2,1H3. The number of benzene rings is 1. The Morgan fingerprint density at radius 1 is 1.29 bits per heavy atom. The maximum Gasteiger partial charge on any atom is 0.171 e. The number of nitrogens with zero attached hydrogens (tertiary/aromatic N) is 4. The van der Waals surface area contributed by atoms with Gasteiger partial charge in [0, 0.05) is 12.0 Å². The van der Waals surface area contributed by atoms with Gasteiger partial charge in [0.25, 0.3) is 0 Å². The molecule has 0 radical (unpaired) electrons. The summed E-state index contributed by atoms with van der Waals surface area (Å²) in [6, 6.07) is 11.1. The van der Waals surface area contributed by atoms with Crippen LogP contribution in [-0.4, -0.2) is 14.9 Å². The topological polar surface area (TPSA) is 76.9 Å². The van der Waals surface area contributed by atoms with E-state index in [0.29, 0.717) is 23.8 Å². The van der Waals surface area contributed by atoms with Crippen molar-refractivity contribution >= 4 is 0 Å².